The van der Waals surface area contributed by atoms with Gasteiger partial charge in [0, 0.05) is 32.4 Å². The molecule has 7 nitrogen and oxygen atoms in total. The molecule has 10 heteroatoms. The van der Waals surface area contributed by atoms with Gasteiger partial charge in [0.1, 0.15) is 12.4 Å². The average molecular weight is 432 g/mol. The van der Waals surface area contributed by atoms with E-state index in [-0.39, 0.29) is 17.5 Å². The molecule has 0 atom stereocenters. The molecule has 0 radical (unpaired) electrons. The predicted molar refractivity (Wildman–Crippen MR) is 105 cm³/mol. The molecule has 0 unspecified atom stereocenters. The fraction of sp³-hybridized carbons (Fsp3) is 0.286. The molecule has 0 N–H and O–H groups in total. The summed E-state index contributed by atoms with van der Waals surface area (Å²) in [7, 11) is 0. The Morgan fingerprint density at radius 2 is 1.81 bits per heavy atom. The van der Waals surface area contributed by atoms with E-state index in [4.69, 9.17) is 9.26 Å². The molecule has 0 bridgehead atoms. The van der Waals surface area contributed by atoms with Gasteiger partial charge in [0.15, 0.2) is 0 Å². The molecule has 3 heterocycles. The van der Waals surface area contributed by atoms with E-state index in [1.807, 2.05) is 35.2 Å². The van der Waals surface area contributed by atoms with Crippen LogP contribution >= 0.6 is 0 Å². The van der Waals surface area contributed by atoms with Gasteiger partial charge in [-0.25, -0.2) is 4.98 Å². The SMILES string of the molecule is O=C(c1cc(OCc2ccccc2)no1)N1CCN(c2ccc(C(F)(F)F)cn2)CC1. The van der Waals surface area contributed by atoms with Gasteiger partial charge >= 0.3 is 6.18 Å². The summed E-state index contributed by atoms with van der Waals surface area (Å²) in [4.78, 5) is 20.0. The minimum absolute atomic E-state index is 0.0733. The quantitative estimate of drug-likeness (QED) is 0.613. The molecule has 1 saturated heterocycles. The maximum atomic E-state index is 12.7. The normalized spacial score (nSPS) is 14.5. The number of alkyl halides is 3. The number of hydrogen-bond acceptors (Lipinski definition) is 6. The van der Waals surface area contributed by atoms with Gasteiger partial charge in [0.05, 0.1) is 11.6 Å². The molecule has 1 fully saturated rings. The van der Waals surface area contributed by atoms with Gasteiger partial charge in [-0.05, 0) is 22.9 Å². The second kappa shape index (κ2) is 8.66. The second-order valence-corrected chi connectivity index (χ2v) is 6.99. The minimum Gasteiger partial charge on any atom is -0.471 e. The summed E-state index contributed by atoms with van der Waals surface area (Å²) in [6.07, 6.45) is -3.60. The molecule has 0 saturated carbocycles. The van der Waals surface area contributed by atoms with Crippen LogP contribution in [0.4, 0.5) is 19.0 Å². The lowest BCUT2D eigenvalue weighted by atomic mass is 10.2. The number of pyridine rings is 1. The Hall–Kier alpha value is -3.56. The number of hydrogen-bond donors (Lipinski definition) is 0. The number of ether oxygens (including phenoxy) is 1. The van der Waals surface area contributed by atoms with Crippen LogP contribution in [-0.2, 0) is 12.8 Å². The average Bonchev–Trinajstić information content (AvgIpc) is 3.27. The molecule has 162 valence electrons. The van der Waals surface area contributed by atoms with Gasteiger partial charge < -0.3 is 19.1 Å². The van der Waals surface area contributed by atoms with Crippen molar-refractivity contribution >= 4 is 11.7 Å². The highest BCUT2D eigenvalue weighted by Crippen LogP contribution is 2.29. The molecule has 4 rings (SSSR count). The van der Waals surface area contributed by atoms with E-state index < -0.39 is 11.7 Å². The van der Waals surface area contributed by atoms with E-state index in [0.717, 1.165) is 17.8 Å². The fourth-order valence-electron chi connectivity index (χ4n) is 3.19. The Bertz CT molecular complexity index is 1010. The Balaban J connectivity index is 1.31. The maximum absolute atomic E-state index is 12.7. The number of nitrogens with zero attached hydrogens (tertiary/aromatic N) is 4. The first-order valence-corrected chi connectivity index (χ1v) is 9.61. The number of carbonyl (C=O) groups is 1. The maximum Gasteiger partial charge on any atom is 0.417 e. The van der Waals surface area contributed by atoms with Crippen LogP contribution in [-0.4, -0.2) is 47.1 Å². The summed E-state index contributed by atoms with van der Waals surface area (Å²) >= 11 is 0. The molecular formula is C21H19F3N4O3. The molecule has 1 amide bonds. The van der Waals surface area contributed by atoms with Gasteiger partial charge in [0.2, 0.25) is 5.76 Å². The van der Waals surface area contributed by atoms with E-state index in [9.17, 15) is 18.0 Å². The number of anilines is 1. The Labute approximate surface area is 176 Å². The minimum atomic E-state index is -4.42. The molecule has 1 aliphatic heterocycles. The number of amides is 1. The smallest absolute Gasteiger partial charge is 0.417 e. The van der Waals surface area contributed by atoms with Gasteiger partial charge in [-0.15, -0.1) is 0 Å². The third-order valence-electron chi connectivity index (χ3n) is 4.89. The molecule has 3 aromatic rings. The van der Waals surface area contributed by atoms with Gasteiger partial charge in [0.25, 0.3) is 11.8 Å². The Morgan fingerprint density at radius 3 is 2.45 bits per heavy atom. The molecule has 0 spiro atoms. The highest BCUT2D eigenvalue weighted by atomic mass is 19.4. The number of halogens is 3. The molecule has 2 aromatic heterocycles. The largest absolute Gasteiger partial charge is 0.471 e. The van der Waals surface area contributed by atoms with Crippen molar-refractivity contribution < 1.29 is 27.2 Å². The summed E-state index contributed by atoms with van der Waals surface area (Å²) in [6, 6.07) is 13.3. The second-order valence-electron chi connectivity index (χ2n) is 6.99. The van der Waals surface area contributed by atoms with Crippen LogP contribution in [0, 0.1) is 0 Å². The van der Waals surface area contributed by atoms with Crippen molar-refractivity contribution in [3.05, 3.63) is 71.6 Å². The molecule has 0 aliphatic carbocycles. The van der Waals surface area contributed by atoms with E-state index in [1.54, 1.807) is 4.90 Å². The first-order chi connectivity index (χ1) is 14.9. The van der Waals surface area contributed by atoms with Crippen molar-refractivity contribution in [2.45, 2.75) is 12.8 Å². The van der Waals surface area contributed by atoms with Gasteiger partial charge in [-0.3, -0.25) is 4.79 Å². The van der Waals surface area contributed by atoms with Crippen LogP contribution in [0.1, 0.15) is 21.7 Å². The van der Waals surface area contributed by atoms with Crippen LogP contribution in [0.25, 0.3) is 0 Å². The summed E-state index contributed by atoms with van der Waals surface area (Å²) in [6.45, 7) is 1.94. The Morgan fingerprint density at radius 1 is 1.06 bits per heavy atom. The summed E-state index contributed by atoms with van der Waals surface area (Å²) in [5.74, 6) is 0.419. The lowest BCUT2D eigenvalue weighted by Crippen LogP contribution is -2.49. The first kappa shape index (κ1) is 20.7. The standard InChI is InChI=1S/C21H19F3N4O3/c22-21(23,24)16-6-7-18(25-13-16)27-8-10-28(11-9-27)20(29)17-12-19(26-31-17)30-14-15-4-2-1-3-5-15/h1-7,12-13H,8-11,14H2. The zero-order chi connectivity index (χ0) is 21.8. The number of aromatic nitrogens is 2. The molecule has 1 aromatic carbocycles. The monoisotopic (exact) mass is 432 g/mol. The van der Waals surface area contributed by atoms with Crippen molar-refractivity contribution in [2.24, 2.45) is 0 Å². The zero-order valence-corrected chi connectivity index (χ0v) is 16.4. The third kappa shape index (κ3) is 4.96. The van der Waals surface area contributed by atoms with E-state index in [2.05, 4.69) is 10.1 Å². The summed E-state index contributed by atoms with van der Waals surface area (Å²) in [5, 5.41) is 3.78. The lowest BCUT2D eigenvalue weighted by Gasteiger charge is -2.34. The first-order valence-electron chi connectivity index (χ1n) is 9.61. The summed E-state index contributed by atoms with van der Waals surface area (Å²) in [5.41, 5.74) is 0.173. The third-order valence-corrected chi connectivity index (χ3v) is 4.89. The highest BCUT2D eigenvalue weighted by molar-refractivity contribution is 5.91. The van der Waals surface area contributed by atoms with E-state index >= 15 is 0 Å². The van der Waals surface area contributed by atoms with Crippen molar-refractivity contribution in [1.29, 1.82) is 0 Å². The number of piperazine rings is 1. The van der Waals surface area contributed by atoms with E-state index in [0.29, 0.717) is 38.6 Å². The van der Waals surface area contributed by atoms with Crippen molar-refractivity contribution in [2.75, 3.05) is 31.1 Å². The fourth-order valence-corrected chi connectivity index (χ4v) is 3.19. The van der Waals surface area contributed by atoms with Crippen LogP contribution in [0.2, 0.25) is 0 Å². The Kier molecular flexibility index (Phi) is 5.79. The number of benzene rings is 1. The van der Waals surface area contributed by atoms with Gasteiger partial charge in [-0.2, -0.15) is 13.2 Å². The zero-order valence-electron chi connectivity index (χ0n) is 16.4. The van der Waals surface area contributed by atoms with Gasteiger partial charge in [-0.1, -0.05) is 30.3 Å². The van der Waals surface area contributed by atoms with Crippen LogP contribution in [0.15, 0.2) is 59.3 Å². The number of rotatable bonds is 5. The van der Waals surface area contributed by atoms with Crippen LogP contribution < -0.4 is 9.64 Å². The number of carbonyl (C=O) groups excluding carboxylic acids is 1. The van der Waals surface area contributed by atoms with Crippen molar-refractivity contribution in [1.82, 2.24) is 15.0 Å². The predicted octanol–water partition coefficient (Wildman–Crippen LogP) is 3.63. The van der Waals surface area contributed by atoms with Crippen LogP contribution in [0.5, 0.6) is 5.88 Å². The van der Waals surface area contributed by atoms with Crippen molar-refractivity contribution in [3.63, 3.8) is 0 Å². The van der Waals surface area contributed by atoms with E-state index in [1.165, 1.54) is 12.1 Å². The highest BCUT2D eigenvalue weighted by Gasteiger charge is 2.31. The molecule has 31 heavy (non-hydrogen) atoms. The summed E-state index contributed by atoms with van der Waals surface area (Å²) < 4.78 is 48.7. The lowest BCUT2D eigenvalue weighted by molar-refractivity contribution is -0.137. The van der Waals surface area contributed by atoms with Crippen LogP contribution in [0.3, 0.4) is 0 Å². The van der Waals surface area contributed by atoms with Crippen molar-refractivity contribution in [3.8, 4) is 5.88 Å². The molecule has 1 aliphatic rings. The molecular weight excluding hydrogens is 413 g/mol. The topological polar surface area (TPSA) is 71.7 Å².